The van der Waals surface area contributed by atoms with Gasteiger partial charge in [-0.2, -0.15) is 0 Å². The van der Waals surface area contributed by atoms with Crippen molar-refractivity contribution in [2.45, 2.75) is 0 Å². The Morgan fingerprint density at radius 1 is 1.38 bits per heavy atom. The Morgan fingerprint density at radius 3 is 1.38 bits per heavy atom. The maximum Gasteiger partial charge on any atom is 3.00 e. The Kier molecular flexibility index (Phi) is 31.6. The topological polar surface area (TPSA) is 116 Å². The van der Waals surface area contributed by atoms with Crippen LogP contribution in [0.5, 0.6) is 0 Å². The van der Waals surface area contributed by atoms with Gasteiger partial charge in [-0.15, -0.1) is 5.34 Å². The van der Waals surface area contributed by atoms with Gasteiger partial charge in [0.05, 0.1) is 0 Å². The monoisotopic (exact) mass is 154 g/mol. The van der Waals surface area contributed by atoms with Gasteiger partial charge in [-0.3, -0.25) is 0 Å². The van der Waals surface area contributed by atoms with Gasteiger partial charge >= 0.3 is 21.7 Å². The molecule has 0 amide bonds. The molecule has 0 aliphatic carbocycles. The molecule has 1 radical (unpaired) electrons. The number of carbonyl (C=O) groups is 1. The fourth-order valence-electron chi connectivity index (χ4n) is 0. The molecule has 0 unspecified atom stereocenters. The quantitative estimate of drug-likeness (QED) is 0.223. The minimum absolute atomic E-state index is 0. The Labute approximate surface area is 58.9 Å². The van der Waals surface area contributed by atoms with E-state index in [2.05, 4.69) is 0 Å². The first-order chi connectivity index (χ1) is 3.15. The van der Waals surface area contributed by atoms with Crippen molar-refractivity contribution in [3.05, 3.63) is 10.1 Å². The molecule has 0 aliphatic rings. The van der Waals surface area contributed by atoms with Crippen molar-refractivity contribution in [3.63, 3.8) is 0 Å². The summed E-state index contributed by atoms with van der Waals surface area (Å²) in [7, 11) is 0. The van der Waals surface area contributed by atoms with Crippen LogP contribution in [0.15, 0.2) is 5.34 Å². The molecular formula is CNO5Ti. The van der Waals surface area contributed by atoms with E-state index < -0.39 is 6.16 Å². The smallest absolute Gasteiger partial charge is 0.652 e. The zero-order valence-electron chi connectivity index (χ0n) is 3.49. The van der Waals surface area contributed by atoms with Crippen molar-refractivity contribution in [1.29, 1.82) is 0 Å². The Bertz CT molecular complexity index is 59.4. The van der Waals surface area contributed by atoms with E-state index in [0.717, 1.165) is 5.34 Å². The van der Waals surface area contributed by atoms with Crippen LogP contribution in [0.3, 0.4) is 0 Å². The van der Waals surface area contributed by atoms with E-state index in [-0.39, 0.29) is 21.7 Å². The molecule has 0 aromatic carbocycles. The molecule has 0 heterocycles. The number of carbonyl (C=O) groups excluding carboxylic acids is 1. The average molecular weight is 154 g/mol. The van der Waals surface area contributed by atoms with Gasteiger partial charge in [0, 0.05) is 0 Å². The Morgan fingerprint density at radius 2 is 1.38 bits per heavy atom. The van der Waals surface area contributed by atoms with Crippen LogP contribution in [0, 0.1) is 10.1 Å². The molecule has 0 aromatic rings. The molecule has 6 nitrogen and oxygen atoms in total. The second-order valence-electron chi connectivity index (χ2n) is 0.325. The zero-order valence-corrected chi connectivity index (χ0v) is 5.05. The summed E-state index contributed by atoms with van der Waals surface area (Å²) in [6.45, 7) is 0. The van der Waals surface area contributed by atoms with E-state index in [9.17, 15) is 0 Å². The van der Waals surface area contributed by atoms with Gasteiger partial charge in [-0.1, -0.05) is 0 Å². The summed E-state index contributed by atoms with van der Waals surface area (Å²) in [5.74, 6) is 0. The van der Waals surface area contributed by atoms with Crippen molar-refractivity contribution < 1.29 is 36.7 Å². The largest absolute Gasteiger partial charge is 3.00 e. The molecule has 43 valence electrons. The van der Waals surface area contributed by atoms with Crippen LogP contribution in [0.25, 0.3) is 0 Å². The SMILES string of the molecule is O=C([O-])[O-].O=N[O-].[Ti+3]. The Hall–Kier alpha value is -0.616. The summed E-state index contributed by atoms with van der Waals surface area (Å²) in [6.07, 6.45) is -2.33. The molecule has 0 spiro atoms. The molecule has 0 rings (SSSR count). The minimum atomic E-state index is -2.33. The Balaban J connectivity index is -0.0000000575. The molecule has 0 aliphatic heterocycles. The first kappa shape index (κ1) is 15.7. The number of nitrogens with zero attached hydrogens (tertiary/aromatic N) is 1. The maximum absolute atomic E-state index is 8.33. The van der Waals surface area contributed by atoms with Gasteiger partial charge < -0.3 is 25.1 Å². The number of carboxylic acid groups (broad SMARTS) is 2. The number of hydrogen-bond donors (Lipinski definition) is 0. The molecule has 0 saturated carbocycles. The van der Waals surface area contributed by atoms with Crippen LogP contribution in [0.1, 0.15) is 0 Å². The van der Waals surface area contributed by atoms with E-state index >= 15 is 0 Å². The summed E-state index contributed by atoms with van der Waals surface area (Å²) in [5.41, 5.74) is 0. The van der Waals surface area contributed by atoms with Gasteiger partial charge in [-0.25, -0.2) is 0 Å². The minimum Gasteiger partial charge on any atom is -0.652 e. The zero-order chi connectivity index (χ0) is 6.28. The van der Waals surface area contributed by atoms with Crippen LogP contribution in [-0.2, 0) is 21.7 Å². The first-order valence-corrected chi connectivity index (χ1v) is 0.978. The van der Waals surface area contributed by atoms with Gasteiger partial charge in [0.15, 0.2) is 0 Å². The van der Waals surface area contributed by atoms with E-state index in [1.54, 1.807) is 0 Å². The van der Waals surface area contributed by atoms with Crippen LogP contribution < -0.4 is 10.2 Å². The van der Waals surface area contributed by atoms with Crippen molar-refractivity contribution in [2.24, 2.45) is 5.34 Å². The third kappa shape index (κ3) is 273. The predicted molar refractivity (Wildman–Crippen MR) is 14.6 cm³/mol. The van der Waals surface area contributed by atoms with Crippen molar-refractivity contribution in [3.8, 4) is 0 Å². The molecule has 0 aromatic heterocycles. The molecular weight excluding hydrogens is 154 g/mol. The fourth-order valence-corrected chi connectivity index (χ4v) is 0. The maximum atomic E-state index is 8.33. The third-order valence-electron chi connectivity index (χ3n) is 0. The van der Waals surface area contributed by atoms with Crippen LogP contribution in [0.2, 0.25) is 0 Å². The second-order valence-corrected chi connectivity index (χ2v) is 0.325. The van der Waals surface area contributed by atoms with Crippen molar-refractivity contribution >= 4 is 6.16 Å². The summed E-state index contributed by atoms with van der Waals surface area (Å²) in [4.78, 5) is 16.3. The van der Waals surface area contributed by atoms with Crippen LogP contribution in [-0.4, -0.2) is 6.16 Å². The number of hydrogen-bond acceptors (Lipinski definition) is 6. The van der Waals surface area contributed by atoms with Crippen LogP contribution in [0.4, 0.5) is 4.79 Å². The third-order valence-corrected chi connectivity index (χ3v) is 0. The normalized spacial score (nSPS) is 4.50. The average Bonchev–Trinajstić information content (AvgIpc) is 1.33. The van der Waals surface area contributed by atoms with Gasteiger partial charge in [0.1, 0.15) is 0 Å². The van der Waals surface area contributed by atoms with Gasteiger partial charge in [-0.05, 0) is 6.16 Å². The van der Waals surface area contributed by atoms with E-state index in [1.807, 2.05) is 0 Å². The van der Waals surface area contributed by atoms with Crippen molar-refractivity contribution in [2.75, 3.05) is 0 Å². The summed E-state index contributed by atoms with van der Waals surface area (Å²) >= 11 is 0. The predicted octanol–water partition coefficient (Wildman–Crippen LogP) is -2.20. The van der Waals surface area contributed by atoms with Gasteiger partial charge in [0.25, 0.3) is 0 Å². The molecule has 0 bridgehead atoms. The van der Waals surface area contributed by atoms with E-state index in [0.29, 0.717) is 0 Å². The number of rotatable bonds is 0. The summed E-state index contributed by atoms with van der Waals surface area (Å²) < 4.78 is 0. The molecule has 7 heteroatoms. The standard InChI is InChI=1S/CH2O3.HNO2.Ti/c2-1(3)4;2-1-3;/h(H2,2,3,4);(H,2,3);/q;;+3/p-3. The first-order valence-electron chi connectivity index (χ1n) is 0.978. The molecule has 0 saturated heterocycles. The van der Waals surface area contributed by atoms with Gasteiger partial charge in [0.2, 0.25) is 0 Å². The van der Waals surface area contributed by atoms with E-state index in [1.165, 1.54) is 0 Å². The van der Waals surface area contributed by atoms with Crippen LogP contribution >= 0.6 is 0 Å². The molecule has 8 heavy (non-hydrogen) atoms. The molecule has 0 fully saturated rings. The van der Waals surface area contributed by atoms with Crippen molar-refractivity contribution in [1.82, 2.24) is 0 Å². The second kappa shape index (κ2) is 16.2. The summed E-state index contributed by atoms with van der Waals surface area (Å²) in [5, 5.41) is 25.7. The molecule has 0 atom stereocenters. The summed E-state index contributed by atoms with van der Waals surface area (Å²) in [6, 6.07) is 0. The fraction of sp³-hybridized carbons (Fsp3) is 0. The molecule has 0 N–H and O–H groups in total. The van der Waals surface area contributed by atoms with E-state index in [4.69, 9.17) is 25.1 Å².